The maximum Gasteiger partial charge on any atom is 0.417 e. The lowest BCUT2D eigenvalue weighted by molar-refractivity contribution is -0.667. The summed E-state index contributed by atoms with van der Waals surface area (Å²) in [6.07, 6.45) is 0.532. The van der Waals surface area contributed by atoms with Crippen molar-refractivity contribution in [3.8, 4) is 23.0 Å². The number of methoxy groups -OCH3 is 1. The van der Waals surface area contributed by atoms with Crippen molar-refractivity contribution >= 4 is 27.5 Å². The SMILES string of the molecule is COC1(C(F)(F)F)CCN(CC2(COc3nc4c5c([n+](C)c(-c6cc(O)cc7ccc(F)c(C)c67)c(F)c5n3)CC[C@@H]3[C@@H]5CC[C@H](CN43)N5)CC2)CC1. The zero-order valence-corrected chi connectivity index (χ0v) is 30.1. The molecule has 0 amide bonds. The standard InChI is InChI=1S/C39H43F5N6O3/c1-21-26(40)6-4-22-16-24(51)17-25(30(21)22)34-32(41)33-31-29(48(34)2)9-8-28-27-7-5-23(45-27)18-50(28)35(31)47-36(46-33)53-20-37(10-11-37)19-49-14-12-38(52-3,13-15-49)39(42,43)44/h4,6,16-17,23,27-28,45H,5,7-15,18-20H2,1-3H3/p+1/t23-,27+,28-/m1/s1. The van der Waals surface area contributed by atoms with Crippen molar-refractivity contribution in [3.63, 3.8) is 0 Å². The van der Waals surface area contributed by atoms with Crippen LogP contribution in [0.5, 0.6) is 11.8 Å². The van der Waals surface area contributed by atoms with E-state index in [9.17, 15) is 18.3 Å². The first kappa shape index (κ1) is 34.9. The summed E-state index contributed by atoms with van der Waals surface area (Å²) in [5.41, 5.74) is -0.530. The van der Waals surface area contributed by atoms with Gasteiger partial charge < -0.3 is 29.7 Å². The predicted octanol–water partition coefficient (Wildman–Crippen LogP) is 6.02. The number of phenolic OH excluding ortho intramolecular Hbond substituents is 1. The molecule has 9 rings (SSSR count). The molecule has 2 aromatic heterocycles. The highest BCUT2D eigenvalue weighted by molar-refractivity contribution is 6.01. The Bertz CT molecular complexity index is 2130. The quantitative estimate of drug-likeness (QED) is 0.176. The molecule has 53 heavy (non-hydrogen) atoms. The average molecular weight is 740 g/mol. The van der Waals surface area contributed by atoms with Crippen LogP contribution in [0.25, 0.3) is 32.9 Å². The van der Waals surface area contributed by atoms with Gasteiger partial charge in [0, 0.05) is 68.6 Å². The number of fused-ring (bicyclic) bond motifs is 6. The molecule has 0 unspecified atom stereocenters. The number of benzene rings is 2. The Morgan fingerprint density at radius 1 is 1.04 bits per heavy atom. The lowest BCUT2D eigenvalue weighted by atomic mass is 9.89. The molecule has 1 aliphatic carbocycles. The number of nitrogens with zero attached hydrogens (tertiary/aromatic N) is 5. The maximum atomic E-state index is 17.4. The number of likely N-dealkylation sites (tertiary alicyclic amines) is 1. The summed E-state index contributed by atoms with van der Waals surface area (Å²) in [4.78, 5) is 14.1. The summed E-state index contributed by atoms with van der Waals surface area (Å²) in [7, 11) is 2.94. The normalized spacial score (nSPS) is 24.8. The number of nitrogens with one attached hydrogen (secondary N) is 1. The first-order valence-corrected chi connectivity index (χ1v) is 18.6. The van der Waals surface area contributed by atoms with Gasteiger partial charge in [0.1, 0.15) is 29.5 Å². The molecule has 0 radical (unpaired) electrons. The molecule has 282 valence electrons. The van der Waals surface area contributed by atoms with Crippen LogP contribution in [0.2, 0.25) is 0 Å². The van der Waals surface area contributed by atoms with E-state index in [-0.39, 0.29) is 79.0 Å². The van der Waals surface area contributed by atoms with Crippen LogP contribution in [0.3, 0.4) is 0 Å². The van der Waals surface area contributed by atoms with Gasteiger partial charge in [-0.3, -0.25) is 0 Å². The molecular formula is C39H44F5N6O3+. The Kier molecular flexibility index (Phi) is 8.10. The summed E-state index contributed by atoms with van der Waals surface area (Å²) < 4.78 is 87.1. The lowest BCUT2D eigenvalue weighted by Gasteiger charge is -2.42. The molecule has 2 N–H and O–H groups in total. The van der Waals surface area contributed by atoms with Crippen molar-refractivity contribution in [2.24, 2.45) is 12.5 Å². The van der Waals surface area contributed by atoms with Gasteiger partial charge in [0.25, 0.3) is 5.69 Å². The lowest BCUT2D eigenvalue weighted by Crippen LogP contribution is -2.58. The number of hydrogen-bond donors (Lipinski definition) is 2. The molecule has 2 bridgehead atoms. The molecule has 9 nitrogen and oxygen atoms in total. The Morgan fingerprint density at radius 2 is 1.81 bits per heavy atom. The molecular weight excluding hydrogens is 695 g/mol. The van der Waals surface area contributed by atoms with Crippen LogP contribution >= 0.6 is 0 Å². The fourth-order valence-corrected chi connectivity index (χ4v) is 9.74. The van der Waals surface area contributed by atoms with Gasteiger partial charge in [0.15, 0.2) is 17.1 Å². The van der Waals surface area contributed by atoms with E-state index in [1.54, 1.807) is 19.1 Å². The summed E-state index contributed by atoms with van der Waals surface area (Å²) >= 11 is 0. The minimum Gasteiger partial charge on any atom is -0.508 e. The Morgan fingerprint density at radius 3 is 2.53 bits per heavy atom. The van der Waals surface area contributed by atoms with Crippen LogP contribution < -0.4 is 19.5 Å². The van der Waals surface area contributed by atoms with E-state index < -0.39 is 23.4 Å². The van der Waals surface area contributed by atoms with Crippen LogP contribution in [0.15, 0.2) is 24.3 Å². The number of anilines is 1. The number of pyridine rings is 1. The summed E-state index contributed by atoms with van der Waals surface area (Å²) in [5, 5.41) is 16.3. The van der Waals surface area contributed by atoms with Crippen molar-refractivity contribution in [1.29, 1.82) is 0 Å². The van der Waals surface area contributed by atoms with E-state index in [2.05, 4.69) is 15.1 Å². The van der Waals surface area contributed by atoms with E-state index in [0.717, 1.165) is 44.9 Å². The third kappa shape index (κ3) is 5.61. The molecule has 1 saturated carbocycles. The number of ether oxygens (including phenoxy) is 2. The minimum absolute atomic E-state index is 0.0482. The van der Waals surface area contributed by atoms with Crippen LogP contribution in [-0.2, 0) is 18.2 Å². The van der Waals surface area contributed by atoms with Gasteiger partial charge in [-0.1, -0.05) is 6.07 Å². The Labute approximate surface area is 304 Å². The molecule has 4 aromatic rings. The number of piperazine rings is 1. The zero-order chi connectivity index (χ0) is 37.0. The number of aromatic nitrogens is 3. The largest absolute Gasteiger partial charge is 0.508 e. The second-order valence-corrected chi connectivity index (χ2v) is 16.1. The predicted molar refractivity (Wildman–Crippen MR) is 188 cm³/mol. The van der Waals surface area contributed by atoms with Crippen LogP contribution in [0.1, 0.15) is 56.2 Å². The fourth-order valence-electron chi connectivity index (χ4n) is 9.74. The maximum absolute atomic E-state index is 17.4. The Balaban J connectivity index is 1.11. The van der Waals surface area contributed by atoms with Gasteiger partial charge in [-0.05, 0) is 81.0 Å². The highest BCUT2D eigenvalue weighted by Gasteiger charge is 2.57. The molecule has 5 aliphatic rings. The fraction of sp³-hybridized carbons (Fsp3) is 0.564. The van der Waals surface area contributed by atoms with Crippen molar-refractivity contribution in [3.05, 3.63) is 47.2 Å². The first-order chi connectivity index (χ1) is 25.3. The van der Waals surface area contributed by atoms with Crippen molar-refractivity contribution in [2.45, 2.75) is 88.2 Å². The number of piperidine rings is 1. The van der Waals surface area contributed by atoms with E-state index in [0.29, 0.717) is 52.6 Å². The molecule has 14 heteroatoms. The highest BCUT2D eigenvalue weighted by atomic mass is 19.4. The van der Waals surface area contributed by atoms with Gasteiger partial charge in [0.05, 0.1) is 12.2 Å². The van der Waals surface area contributed by atoms with Gasteiger partial charge in [-0.25, -0.2) is 4.39 Å². The molecule has 0 spiro atoms. The molecule has 4 fully saturated rings. The third-order valence-electron chi connectivity index (χ3n) is 13.0. The Hall–Kier alpha value is -3.88. The van der Waals surface area contributed by atoms with Crippen LogP contribution in [-0.4, -0.2) is 89.8 Å². The summed E-state index contributed by atoms with van der Waals surface area (Å²) in [6.45, 7) is 3.72. The topological polar surface area (TPSA) is 86.9 Å². The second-order valence-electron chi connectivity index (χ2n) is 16.1. The first-order valence-electron chi connectivity index (χ1n) is 18.6. The molecule has 6 heterocycles. The molecule has 2 aromatic carbocycles. The van der Waals surface area contributed by atoms with Crippen molar-refractivity contribution in [1.82, 2.24) is 20.2 Å². The number of aromatic hydroxyl groups is 1. The number of rotatable bonds is 7. The van der Waals surface area contributed by atoms with Crippen LogP contribution in [0, 0.1) is 24.0 Å². The monoisotopic (exact) mass is 739 g/mol. The minimum atomic E-state index is -4.43. The third-order valence-corrected chi connectivity index (χ3v) is 13.0. The smallest absolute Gasteiger partial charge is 0.417 e. The summed E-state index contributed by atoms with van der Waals surface area (Å²) in [5.74, 6) is -0.477. The average Bonchev–Trinajstić information content (AvgIpc) is 3.82. The van der Waals surface area contributed by atoms with Crippen LogP contribution in [0.4, 0.5) is 27.8 Å². The van der Waals surface area contributed by atoms with E-state index in [4.69, 9.17) is 19.4 Å². The van der Waals surface area contributed by atoms with E-state index in [1.807, 2.05) is 11.6 Å². The number of phenols is 1. The van der Waals surface area contributed by atoms with Gasteiger partial charge >= 0.3 is 12.2 Å². The van der Waals surface area contributed by atoms with E-state index >= 15 is 8.78 Å². The number of alkyl halides is 3. The molecule has 4 aliphatic heterocycles. The number of halogens is 5. The number of aryl methyl sites for hydroxylation is 2. The van der Waals surface area contributed by atoms with Gasteiger partial charge in [0.2, 0.25) is 5.82 Å². The van der Waals surface area contributed by atoms with Crippen molar-refractivity contribution in [2.75, 3.05) is 44.8 Å². The molecule has 3 saturated heterocycles. The van der Waals surface area contributed by atoms with Gasteiger partial charge in [-0.2, -0.15) is 32.1 Å². The van der Waals surface area contributed by atoms with Crippen molar-refractivity contribution < 1.29 is 41.1 Å². The zero-order valence-electron chi connectivity index (χ0n) is 30.1. The van der Waals surface area contributed by atoms with Gasteiger partial charge in [-0.15, -0.1) is 0 Å². The second kappa shape index (κ2) is 12.3. The summed E-state index contributed by atoms with van der Waals surface area (Å²) in [6, 6.07) is 6.69. The number of hydrogen-bond acceptors (Lipinski definition) is 8. The van der Waals surface area contributed by atoms with E-state index in [1.165, 1.54) is 12.1 Å². The highest BCUT2D eigenvalue weighted by Crippen LogP contribution is 2.49. The molecule has 3 atom stereocenters.